The lowest BCUT2D eigenvalue weighted by atomic mass is 10.1. The van der Waals surface area contributed by atoms with Crippen molar-refractivity contribution < 1.29 is 14.0 Å². The van der Waals surface area contributed by atoms with E-state index < -0.39 is 0 Å². The average molecular weight is 303 g/mol. The first-order valence-electron chi connectivity index (χ1n) is 9.11. The van der Waals surface area contributed by atoms with E-state index in [1.807, 2.05) is 13.8 Å². The Bertz CT molecular complexity index is 213. The Morgan fingerprint density at radius 1 is 0.714 bits per heavy atom. The van der Waals surface area contributed by atoms with Crippen molar-refractivity contribution in [2.45, 2.75) is 78.4 Å². The molecule has 3 nitrogen and oxygen atoms in total. The van der Waals surface area contributed by atoms with Crippen molar-refractivity contribution in [3.8, 4) is 0 Å². The van der Waals surface area contributed by atoms with Crippen molar-refractivity contribution in [2.24, 2.45) is 0 Å². The Labute approximate surface area is 133 Å². The summed E-state index contributed by atoms with van der Waals surface area (Å²) >= 11 is 0. The highest BCUT2D eigenvalue weighted by Crippen LogP contribution is 2.11. The molecule has 0 N–H and O–H groups in total. The molecule has 0 unspecified atom stereocenters. The molecule has 0 aromatic heterocycles. The Morgan fingerprint density at radius 3 is 1.67 bits per heavy atom. The molecule has 0 rings (SSSR count). The first-order valence-corrected chi connectivity index (χ1v) is 9.11. The largest absolute Gasteiger partial charge is 0.348 e. The molecular formula is C18H40NO2+. The van der Waals surface area contributed by atoms with Crippen LogP contribution in [0, 0.1) is 0 Å². The average Bonchev–Trinajstić information content (AvgIpc) is 2.42. The lowest BCUT2D eigenvalue weighted by molar-refractivity contribution is -0.896. The van der Waals surface area contributed by atoms with Gasteiger partial charge >= 0.3 is 0 Å². The van der Waals surface area contributed by atoms with Gasteiger partial charge in [0.25, 0.3) is 0 Å². The predicted octanol–water partition coefficient (Wildman–Crippen LogP) is 4.60. The summed E-state index contributed by atoms with van der Waals surface area (Å²) in [4.78, 5) is 0. The van der Waals surface area contributed by atoms with Crippen molar-refractivity contribution in [2.75, 3.05) is 40.4 Å². The van der Waals surface area contributed by atoms with Crippen LogP contribution in [0.25, 0.3) is 0 Å². The van der Waals surface area contributed by atoms with Crippen LogP contribution in [0.3, 0.4) is 0 Å². The van der Waals surface area contributed by atoms with Gasteiger partial charge in [0, 0.05) is 13.2 Å². The first kappa shape index (κ1) is 20.9. The molecule has 128 valence electrons. The van der Waals surface area contributed by atoms with Gasteiger partial charge in [0.05, 0.1) is 20.6 Å². The third-order valence-corrected chi connectivity index (χ3v) is 3.97. The molecule has 0 heterocycles. The fraction of sp³-hybridized carbons (Fsp3) is 1.00. The quantitative estimate of drug-likeness (QED) is 0.250. The second kappa shape index (κ2) is 13.5. The topological polar surface area (TPSA) is 18.5 Å². The minimum Gasteiger partial charge on any atom is -0.348 e. The summed E-state index contributed by atoms with van der Waals surface area (Å²) < 4.78 is 12.3. The Hall–Kier alpha value is -0.120. The number of likely N-dealkylation sites (N-methyl/N-ethyl adjacent to an activating group) is 1. The van der Waals surface area contributed by atoms with Crippen LogP contribution in [0.4, 0.5) is 0 Å². The zero-order chi connectivity index (χ0) is 16.0. The van der Waals surface area contributed by atoms with E-state index in [1.165, 1.54) is 57.9 Å². The van der Waals surface area contributed by atoms with Gasteiger partial charge in [0.2, 0.25) is 6.29 Å². The number of quaternary nitrogens is 1. The van der Waals surface area contributed by atoms with E-state index in [1.54, 1.807) is 0 Å². The summed E-state index contributed by atoms with van der Waals surface area (Å²) in [6.07, 6.45) is 11.0. The summed E-state index contributed by atoms with van der Waals surface area (Å²) in [5.74, 6) is 0. The van der Waals surface area contributed by atoms with Crippen molar-refractivity contribution in [3.05, 3.63) is 0 Å². The molecule has 0 saturated carbocycles. The van der Waals surface area contributed by atoms with Crippen molar-refractivity contribution in [1.82, 2.24) is 0 Å². The fourth-order valence-corrected chi connectivity index (χ4v) is 2.69. The normalized spacial score (nSPS) is 12.3. The highest BCUT2D eigenvalue weighted by atomic mass is 16.7. The second-order valence-corrected chi connectivity index (χ2v) is 6.66. The van der Waals surface area contributed by atoms with Crippen LogP contribution in [0.5, 0.6) is 0 Å². The number of hydrogen-bond acceptors (Lipinski definition) is 2. The van der Waals surface area contributed by atoms with Gasteiger partial charge < -0.3 is 14.0 Å². The molecule has 0 aromatic carbocycles. The Balaban J connectivity index is 3.70. The maximum atomic E-state index is 5.66. The maximum absolute atomic E-state index is 5.66. The zero-order valence-electron chi connectivity index (χ0n) is 15.3. The number of ether oxygens (including phenoxy) is 2. The SMILES string of the molecule is CCCCCCCCCC[N+](C)(C)CC(OCC)OCC. The molecule has 0 fully saturated rings. The fourth-order valence-electron chi connectivity index (χ4n) is 2.69. The molecule has 0 amide bonds. The first-order chi connectivity index (χ1) is 10.1. The molecular weight excluding hydrogens is 262 g/mol. The molecule has 0 atom stereocenters. The summed E-state index contributed by atoms with van der Waals surface area (Å²) in [7, 11) is 4.57. The molecule has 0 aliphatic heterocycles. The molecule has 0 spiro atoms. The van der Waals surface area contributed by atoms with Crippen molar-refractivity contribution >= 4 is 0 Å². The predicted molar refractivity (Wildman–Crippen MR) is 91.5 cm³/mol. The van der Waals surface area contributed by atoms with Gasteiger partial charge in [-0.25, -0.2) is 0 Å². The number of unbranched alkanes of at least 4 members (excludes halogenated alkanes) is 7. The van der Waals surface area contributed by atoms with Crippen LogP contribution < -0.4 is 0 Å². The summed E-state index contributed by atoms with van der Waals surface area (Å²) in [6, 6.07) is 0. The van der Waals surface area contributed by atoms with Crippen molar-refractivity contribution in [3.63, 3.8) is 0 Å². The monoisotopic (exact) mass is 302 g/mol. The number of nitrogens with zero attached hydrogens (tertiary/aromatic N) is 1. The lowest BCUT2D eigenvalue weighted by Gasteiger charge is -2.33. The lowest BCUT2D eigenvalue weighted by Crippen LogP contribution is -2.47. The van der Waals surface area contributed by atoms with Gasteiger partial charge in [-0.3, -0.25) is 0 Å². The van der Waals surface area contributed by atoms with Gasteiger partial charge in [-0.05, 0) is 26.7 Å². The molecule has 0 aliphatic carbocycles. The van der Waals surface area contributed by atoms with E-state index in [4.69, 9.17) is 9.47 Å². The summed E-state index contributed by atoms with van der Waals surface area (Å²) in [5, 5.41) is 0. The van der Waals surface area contributed by atoms with E-state index in [0.717, 1.165) is 24.2 Å². The van der Waals surface area contributed by atoms with Gasteiger partial charge in [-0.15, -0.1) is 0 Å². The van der Waals surface area contributed by atoms with E-state index in [9.17, 15) is 0 Å². The molecule has 0 aromatic rings. The third-order valence-electron chi connectivity index (χ3n) is 3.97. The maximum Gasteiger partial charge on any atom is 0.207 e. The second-order valence-electron chi connectivity index (χ2n) is 6.66. The zero-order valence-corrected chi connectivity index (χ0v) is 15.3. The van der Waals surface area contributed by atoms with Crippen LogP contribution in [-0.2, 0) is 9.47 Å². The summed E-state index contributed by atoms with van der Waals surface area (Å²) in [5.41, 5.74) is 0. The Kier molecular flexibility index (Phi) is 13.5. The van der Waals surface area contributed by atoms with Gasteiger partial charge in [0.1, 0.15) is 6.54 Å². The van der Waals surface area contributed by atoms with Crippen LogP contribution in [0.2, 0.25) is 0 Å². The van der Waals surface area contributed by atoms with Crippen LogP contribution >= 0.6 is 0 Å². The van der Waals surface area contributed by atoms with E-state index in [2.05, 4.69) is 21.0 Å². The van der Waals surface area contributed by atoms with Crippen LogP contribution in [0.15, 0.2) is 0 Å². The van der Waals surface area contributed by atoms with Gasteiger partial charge in [-0.2, -0.15) is 0 Å². The summed E-state index contributed by atoms with van der Waals surface area (Å²) in [6.45, 7) is 9.95. The van der Waals surface area contributed by atoms with Crippen LogP contribution in [-0.4, -0.2) is 51.2 Å². The van der Waals surface area contributed by atoms with E-state index in [-0.39, 0.29) is 6.29 Å². The highest BCUT2D eigenvalue weighted by Gasteiger charge is 2.22. The van der Waals surface area contributed by atoms with Crippen molar-refractivity contribution in [1.29, 1.82) is 0 Å². The minimum absolute atomic E-state index is 0.0518. The molecule has 0 bridgehead atoms. The van der Waals surface area contributed by atoms with Gasteiger partial charge in [0.15, 0.2) is 0 Å². The molecule has 0 aliphatic rings. The van der Waals surface area contributed by atoms with Gasteiger partial charge in [-0.1, -0.05) is 45.4 Å². The standard InChI is InChI=1S/C18H40NO2/c1-6-9-10-11-12-13-14-15-16-19(4,5)17-18(20-7-2)21-8-3/h18H,6-17H2,1-5H3/q+1. The van der Waals surface area contributed by atoms with Crippen LogP contribution in [0.1, 0.15) is 72.1 Å². The molecule has 0 radical (unpaired) electrons. The number of rotatable bonds is 15. The third kappa shape index (κ3) is 13.3. The number of hydrogen-bond donors (Lipinski definition) is 0. The molecule has 0 saturated heterocycles. The van der Waals surface area contributed by atoms with E-state index >= 15 is 0 Å². The minimum atomic E-state index is -0.0518. The molecule has 3 heteroatoms. The van der Waals surface area contributed by atoms with E-state index in [0.29, 0.717) is 0 Å². The highest BCUT2D eigenvalue weighted by molar-refractivity contribution is 4.48. The smallest absolute Gasteiger partial charge is 0.207 e. The Morgan fingerprint density at radius 2 is 1.19 bits per heavy atom. The molecule has 21 heavy (non-hydrogen) atoms.